The monoisotopic (exact) mass is 432 g/mol. The Morgan fingerprint density at radius 3 is 2.78 bits per heavy atom. The molecular weight excluding hydrogens is 407 g/mol. The van der Waals surface area contributed by atoms with E-state index >= 15 is 0 Å². The molecule has 2 aromatic heterocycles. The summed E-state index contributed by atoms with van der Waals surface area (Å²) in [6, 6.07) is 14.2. The highest BCUT2D eigenvalue weighted by Gasteiger charge is 2.27. The number of aromatic nitrogens is 4. The van der Waals surface area contributed by atoms with Crippen LogP contribution in [0.1, 0.15) is 43.2 Å². The number of amides is 2. The molecule has 164 valence electrons. The van der Waals surface area contributed by atoms with Gasteiger partial charge in [0.15, 0.2) is 5.65 Å². The van der Waals surface area contributed by atoms with Crippen molar-refractivity contribution in [1.29, 1.82) is 0 Å². The average Bonchev–Trinajstić information content (AvgIpc) is 3.29. The number of tetrazole rings is 1. The number of rotatable bonds is 4. The number of nitrogens with zero attached hydrogens (tertiary/aromatic N) is 5. The van der Waals surface area contributed by atoms with Crippen molar-refractivity contribution >= 4 is 28.3 Å². The van der Waals surface area contributed by atoms with E-state index in [1.165, 1.54) is 12.5 Å². The van der Waals surface area contributed by atoms with Crippen LogP contribution in [0.2, 0.25) is 0 Å². The van der Waals surface area contributed by atoms with Crippen LogP contribution in [0, 0.1) is 12.7 Å². The van der Waals surface area contributed by atoms with Crippen molar-refractivity contribution < 1.29 is 9.18 Å². The Hall–Kier alpha value is -3.55. The van der Waals surface area contributed by atoms with Crippen LogP contribution in [0.5, 0.6) is 0 Å². The van der Waals surface area contributed by atoms with E-state index in [0.717, 1.165) is 47.7 Å². The first kappa shape index (κ1) is 20.4. The molecule has 1 saturated carbocycles. The molecule has 2 aromatic carbocycles. The van der Waals surface area contributed by atoms with Gasteiger partial charge in [0.05, 0.1) is 17.7 Å². The van der Waals surface area contributed by atoms with E-state index in [1.54, 1.807) is 22.7 Å². The minimum Gasteiger partial charge on any atom is -0.317 e. The number of anilines is 1. The van der Waals surface area contributed by atoms with E-state index in [0.29, 0.717) is 12.2 Å². The Balaban J connectivity index is 1.53. The molecule has 1 aliphatic rings. The van der Waals surface area contributed by atoms with Gasteiger partial charge >= 0.3 is 6.03 Å². The summed E-state index contributed by atoms with van der Waals surface area (Å²) < 4.78 is 15.9. The highest BCUT2D eigenvalue weighted by molar-refractivity contribution is 5.90. The summed E-state index contributed by atoms with van der Waals surface area (Å²) in [4.78, 5) is 15.2. The van der Waals surface area contributed by atoms with Gasteiger partial charge in [-0.05, 0) is 60.5 Å². The lowest BCUT2D eigenvalue weighted by Crippen LogP contribution is -2.43. The fraction of sp³-hybridized carbons (Fsp3) is 0.333. The van der Waals surface area contributed by atoms with Crippen molar-refractivity contribution in [1.82, 2.24) is 24.9 Å². The zero-order valence-electron chi connectivity index (χ0n) is 18.0. The molecule has 0 aliphatic heterocycles. The predicted molar refractivity (Wildman–Crippen MR) is 121 cm³/mol. The largest absolute Gasteiger partial charge is 0.322 e. The van der Waals surface area contributed by atoms with Crippen LogP contribution < -0.4 is 5.32 Å². The molecule has 0 bridgehead atoms. The number of carbonyl (C=O) groups excluding carboxylic acids is 1. The van der Waals surface area contributed by atoms with Crippen LogP contribution in [0.3, 0.4) is 0 Å². The second-order valence-corrected chi connectivity index (χ2v) is 8.48. The van der Waals surface area contributed by atoms with E-state index in [-0.39, 0.29) is 17.8 Å². The second-order valence-electron chi connectivity index (χ2n) is 8.48. The van der Waals surface area contributed by atoms with Gasteiger partial charge in [0.1, 0.15) is 5.82 Å². The molecule has 0 spiro atoms. The van der Waals surface area contributed by atoms with E-state index < -0.39 is 5.82 Å². The number of para-hydroxylation sites is 1. The Morgan fingerprint density at radius 1 is 1.16 bits per heavy atom. The maximum absolute atomic E-state index is 14.2. The quantitative estimate of drug-likeness (QED) is 0.487. The molecule has 32 heavy (non-hydrogen) atoms. The fourth-order valence-electron chi connectivity index (χ4n) is 4.59. The van der Waals surface area contributed by atoms with Crippen LogP contribution in [-0.4, -0.2) is 37.0 Å². The fourth-order valence-corrected chi connectivity index (χ4v) is 4.59. The number of fused-ring (bicyclic) bond motifs is 3. The van der Waals surface area contributed by atoms with Crippen LogP contribution in [0.15, 0.2) is 48.5 Å². The number of urea groups is 1. The number of hydrogen-bond acceptors (Lipinski definition) is 4. The van der Waals surface area contributed by atoms with Gasteiger partial charge in [-0.1, -0.05) is 43.0 Å². The summed E-state index contributed by atoms with van der Waals surface area (Å²) in [5.41, 5.74) is 3.72. The molecule has 0 radical (unpaired) electrons. The van der Waals surface area contributed by atoms with Gasteiger partial charge in [0, 0.05) is 17.0 Å². The predicted octanol–water partition coefficient (Wildman–Crippen LogP) is 5.09. The summed E-state index contributed by atoms with van der Waals surface area (Å²) in [6.45, 7) is 2.39. The molecule has 1 fully saturated rings. The van der Waals surface area contributed by atoms with E-state index in [1.807, 2.05) is 24.0 Å². The maximum atomic E-state index is 14.2. The molecule has 2 heterocycles. The molecule has 1 N–H and O–H groups in total. The van der Waals surface area contributed by atoms with Crippen molar-refractivity contribution in [3.63, 3.8) is 0 Å². The van der Waals surface area contributed by atoms with Gasteiger partial charge in [0.2, 0.25) is 0 Å². The smallest absolute Gasteiger partial charge is 0.317 e. The van der Waals surface area contributed by atoms with Crippen LogP contribution >= 0.6 is 0 Å². The third-order valence-electron chi connectivity index (χ3n) is 6.23. The number of benzene rings is 2. The van der Waals surface area contributed by atoms with Gasteiger partial charge in [-0.3, -0.25) is 0 Å². The first-order valence-corrected chi connectivity index (χ1v) is 11.0. The number of halogens is 1. The third kappa shape index (κ3) is 3.88. The van der Waals surface area contributed by atoms with E-state index in [4.69, 9.17) is 0 Å². The molecule has 4 aromatic rings. The number of pyridine rings is 1. The van der Waals surface area contributed by atoms with Gasteiger partial charge in [-0.2, -0.15) is 4.52 Å². The Labute approximate surface area is 185 Å². The van der Waals surface area contributed by atoms with Crippen molar-refractivity contribution in [2.75, 3.05) is 5.32 Å². The van der Waals surface area contributed by atoms with Crippen molar-refractivity contribution in [2.24, 2.45) is 0 Å². The van der Waals surface area contributed by atoms with Gasteiger partial charge in [-0.25, -0.2) is 9.18 Å². The number of aryl methyl sites for hydroxylation is 1. The highest BCUT2D eigenvalue weighted by Crippen LogP contribution is 2.28. The van der Waals surface area contributed by atoms with Gasteiger partial charge in [0.25, 0.3) is 0 Å². The number of carbonyl (C=O) groups is 1. The molecule has 1 aliphatic carbocycles. The summed E-state index contributed by atoms with van der Waals surface area (Å²) in [5, 5.41) is 16.1. The number of nitrogens with one attached hydrogen (secondary N) is 1. The SMILES string of the molecule is Cc1ccc2c(c1)cc(CN(C(=O)Nc1ccccc1F)C1CCCCC1)c1nnnn12. The first-order valence-electron chi connectivity index (χ1n) is 11.0. The lowest BCUT2D eigenvalue weighted by Gasteiger charge is -2.34. The lowest BCUT2D eigenvalue weighted by molar-refractivity contribution is 0.163. The minimum absolute atomic E-state index is 0.0830. The van der Waals surface area contributed by atoms with Crippen molar-refractivity contribution in [3.8, 4) is 0 Å². The molecule has 5 rings (SSSR count). The number of hydrogen-bond donors (Lipinski definition) is 1. The topological polar surface area (TPSA) is 75.4 Å². The molecule has 0 unspecified atom stereocenters. The van der Waals surface area contributed by atoms with Crippen LogP contribution in [0.25, 0.3) is 16.6 Å². The van der Waals surface area contributed by atoms with Crippen molar-refractivity contribution in [2.45, 2.75) is 51.6 Å². The minimum atomic E-state index is -0.449. The van der Waals surface area contributed by atoms with Crippen LogP contribution in [0.4, 0.5) is 14.9 Å². The first-order chi connectivity index (χ1) is 15.6. The van der Waals surface area contributed by atoms with E-state index in [9.17, 15) is 9.18 Å². The second kappa shape index (κ2) is 8.53. The zero-order valence-corrected chi connectivity index (χ0v) is 18.0. The lowest BCUT2D eigenvalue weighted by atomic mass is 9.94. The Bertz CT molecular complexity index is 1280. The summed E-state index contributed by atoms with van der Waals surface area (Å²) >= 11 is 0. The highest BCUT2D eigenvalue weighted by atomic mass is 19.1. The van der Waals surface area contributed by atoms with Crippen molar-refractivity contribution in [3.05, 3.63) is 65.5 Å². The third-order valence-corrected chi connectivity index (χ3v) is 6.23. The Kier molecular flexibility index (Phi) is 5.43. The van der Waals surface area contributed by atoms with E-state index in [2.05, 4.69) is 33.0 Å². The summed E-state index contributed by atoms with van der Waals surface area (Å²) in [6.07, 6.45) is 5.18. The van der Waals surface area contributed by atoms with Gasteiger partial charge < -0.3 is 10.2 Å². The Morgan fingerprint density at radius 2 is 1.97 bits per heavy atom. The molecule has 0 saturated heterocycles. The zero-order chi connectivity index (χ0) is 22.1. The maximum Gasteiger partial charge on any atom is 0.322 e. The standard InChI is InChI=1S/C24H25FN6O/c1-16-11-12-22-17(13-16)14-18(23-27-28-29-31(22)23)15-30(19-7-3-2-4-8-19)24(32)26-21-10-6-5-9-20(21)25/h5-6,9-14,19H,2-4,7-8,15H2,1H3,(H,26,32). The molecule has 2 amide bonds. The summed E-state index contributed by atoms with van der Waals surface area (Å²) in [5.74, 6) is -0.449. The van der Waals surface area contributed by atoms with Crippen LogP contribution in [-0.2, 0) is 6.54 Å². The molecule has 0 atom stereocenters. The average molecular weight is 433 g/mol. The summed E-state index contributed by atoms with van der Waals surface area (Å²) in [7, 11) is 0. The molecule has 7 nitrogen and oxygen atoms in total. The normalized spacial score (nSPS) is 14.7. The molecular formula is C24H25FN6O. The molecule has 8 heteroatoms. The van der Waals surface area contributed by atoms with Gasteiger partial charge in [-0.15, -0.1) is 5.10 Å².